The van der Waals surface area contributed by atoms with Crippen molar-refractivity contribution in [2.75, 3.05) is 0 Å². The summed E-state index contributed by atoms with van der Waals surface area (Å²) in [5.41, 5.74) is 5.99. The molecule has 0 bridgehead atoms. The minimum absolute atomic E-state index is 0.426. The van der Waals surface area contributed by atoms with Crippen molar-refractivity contribution in [3.63, 3.8) is 0 Å². The molecule has 5 heteroatoms. The van der Waals surface area contributed by atoms with Gasteiger partial charge in [0.05, 0.1) is 0 Å². The van der Waals surface area contributed by atoms with Crippen molar-refractivity contribution in [2.24, 2.45) is 16.0 Å². The quantitative estimate of drug-likeness (QED) is 0.292. The third kappa shape index (κ3) is 2.72. The Bertz CT molecular complexity index is 647. The summed E-state index contributed by atoms with van der Waals surface area (Å²) in [4.78, 5) is 10.7. The molecule has 0 heterocycles. The van der Waals surface area contributed by atoms with Crippen LogP contribution in [-0.4, -0.2) is 18.8 Å². The fourth-order valence-corrected chi connectivity index (χ4v) is 1.92. The van der Waals surface area contributed by atoms with Crippen LogP contribution in [0.2, 0.25) is 0 Å². The molecule has 2 aromatic rings. The molecule has 0 aromatic heterocycles. The highest BCUT2D eigenvalue weighted by molar-refractivity contribution is 6.04. The zero-order valence-corrected chi connectivity index (χ0v) is 10.8. The van der Waals surface area contributed by atoms with Gasteiger partial charge in [0.1, 0.15) is 6.29 Å². The van der Waals surface area contributed by atoms with Gasteiger partial charge in [-0.05, 0) is 11.1 Å². The molecule has 2 aromatic carbocycles. The number of carbonyl (C=O) groups is 1. The Morgan fingerprint density at radius 3 is 2.45 bits per heavy atom. The van der Waals surface area contributed by atoms with Crippen LogP contribution in [0, 0.1) is 0 Å². The van der Waals surface area contributed by atoms with Crippen molar-refractivity contribution in [1.29, 1.82) is 0 Å². The van der Waals surface area contributed by atoms with Gasteiger partial charge in [0, 0.05) is 17.8 Å². The van der Waals surface area contributed by atoms with Crippen molar-refractivity contribution in [1.82, 2.24) is 5.43 Å². The van der Waals surface area contributed by atoms with Crippen LogP contribution in [0.4, 0.5) is 0 Å². The van der Waals surface area contributed by atoms with Crippen LogP contribution in [0.1, 0.15) is 15.9 Å². The summed E-state index contributed by atoms with van der Waals surface area (Å²) in [6.45, 7) is 3.36. The summed E-state index contributed by atoms with van der Waals surface area (Å²) in [6.07, 6.45) is 0.811. The lowest BCUT2D eigenvalue weighted by molar-refractivity contribution is 0.112. The first-order valence-electron chi connectivity index (χ1n) is 5.94. The zero-order valence-electron chi connectivity index (χ0n) is 10.8. The van der Waals surface area contributed by atoms with Crippen molar-refractivity contribution >= 4 is 18.8 Å². The predicted molar refractivity (Wildman–Crippen MR) is 80.7 cm³/mol. The second-order valence-corrected chi connectivity index (χ2v) is 4.03. The van der Waals surface area contributed by atoms with Gasteiger partial charge in [-0.1, -0.05) is 48.5 Å². The molecule has 0 aliphatic heterocycles. The molecule has 0 fully saturated rings. The molecule has 100 valence electrons. The van der Waals surface area contributed by atoms with E-state index in [9.17, 15) is 4.79 Å². The van der Waals surface area contributed by atoms with Crippen LogP contribution >= 0.6 is 0 Å². The van der Waals surface area contributed by atoms with Gasteiger partial charge >= 0.3 is 0 Å². The molecular weight excluding hydrogens is 252 g/mol. The normalized spacial score (nSPS) is 10.9. The Morgan fingerprint density at radius 1 is 1.15 bits per heavy atom. The Hall–Kier alpha value is -2.95. The Morgan fingerprint density at radius 2 is 1.85 bits per heavy atom. The Kier molecular flexibility index (Phi) is 4.24. The van der Waals surface area contributed by atoms with Gasteiger partial charge in [0.15, 0.2) is 5.84 Å². The van der Waals surface area contributed by atoms with Crippen LogP contribution in [0.25, 0.3) is 11.1 Å². The number of rotatable bonds is 4. The van der Waals surface area contributed by atoms with Crippen molar-refractivity contribution in [3.05, 3.63) is 59.7 Å². The van der Waals surface area contributed by atoms with E-state index in [4.69, 9.17) is 5.84 Å². The largest absolute Gasteiger partial charge is 0.321 e. The lowest BCUT2D eigenvalue weighted by Crippen LogP contribution is -2.21. The molecule has 0 unspecified atom stereocenters. The van der Waals surface area contributed by atoms with Crippen LogP contribution < -0.4 is 11.3 Å². The summed E-state index contributed by atoms with van der Waals surface area (Å²) < 4.78 is 0. The number of aldehydes is 1. The summed E-state index contributed by atoms with van der Waals surface area (Å²) in [5.74, 6) is 5.80. The molecule has 5 nitrogen and oxygen atoms in total. The van der Waals surface area contributed by atoms with E-state index < -0.39 is 0 Å². The molecule has 0 saturated heterocycles. The number of carbonyl (C=O) groups excluding carboxylic acids is 1. The maximum Gasteiger partial charge on any atom is 0.173 e. The Labute approximate surface area is 116 Å². The molecule has 0 aliphatic rings. The average Bonchev–Trinajstić information content (AvgIpc) is 2.53. The standard InChI is InChI=1S/C15H14N4O/c1-17-19-15(18-16)14-5-3-2-4-13(14)12-8-6-11(10-20)7-9-12/h2-10H,1,16H2,(H,18,19). The molecule has 2 rings (SSSR count). The Balaban J connectivity index is 2.50. The molecule has 0 aliphatic carbocycles. The maximum absolute atomic E-state index is 10.7. The van der Waals surface area contributed by atoms with Gasteiger partial charge in [-0.25, -0.2) is 0 Å². The summed E-state index contributed by atoms with van der Waals surface area (Å²) in [6, 6.07) is 14.9. The summed E-state index contributed by atoms with van der Waals surface area (Å²) in [7, 11) is 0. The number of hydrazone groups is 2. The third-order valence-electron chi connectivity index (χ3n) is 2.85. The number of benzene rings is 2. The van der Waals surface area contributed by atoms with E-state index in [0.717, 1.165) is 23.0 Å². The van der Waals surface area contributed by atoms with E-state index in [1.807, 2.05) is 36.4 Å². The molecule has 0 spiro atoms. The molecule has 3 N–H and O–H groups in total. The first-order chi connectivity index (χ1) is 9.80. The average molecular weight is 266 g/mol. The zero-order chi connectivity index (χ0) is 14.4. The summed E-state index contributed by atoms with van der Waals surface area (Å²) in [5, 5.41) is 7.27. The minimum Gasteiger partial charge on any atom is -0.321 e. The van der Waals surface area contributed by atoms with E-state index in [1.54, 1.807) is 12.1 Å². The predicted octanol–water partition coefficient (Wildman–Crippen LogP) is 1.99. The van der Waals surface area contributed by atoms with E-state index >= 15 is 0 Å². The number of nitrogens with two attached hydrogens (primary N) is 1. The van der Waals surface area contributed by atoms with E-state index in [2.05, 4.69) is 22.3 Å². The topological polar surface area (TPSA) is 79.8 Å². The summed E-state index contributed by atoms with van der Waals surface area (Å²) >= 11 is 0. The van der Waals surface area contributed by atoms with Crippen LogP contribution in [-0.2, 0) is 0 Å². The highest BCUT2D eigenvalue weighted by Crippen LogP contribution is 2.24. The minimum atomic E-state index is 0.426. The lowest BCUT2D eigenvalue weighted by atomic mass is 9.98. The molecule has 20 heavy (non-hydrogen) atoms. The number of hydrogen-bond donors (Lipinski definition) is 2. The highest BCUT2D eigenvalue weighted by atomic mass is 16.1. The molecular formula is C15H14N4O. The number of nitrogens with zero attached hydrogens (tertiary/aromatic N) is 2. The number of hydrogen-bond acceptors (Lipinski definition) is 4. The van der Waals surface area contributed by atoms with Crippen molar-refractivity contribution < 1.29 is 4.79 Å². The number of amidine groups is 1. The second-order valence-electron chi connectivity index (χ2n) is 4.03. The van der Waals surface area contributed by atoms with Gasteiger partial charge in [0.25, 0.3) is 0 Å². The van der Waals surface area contributed by atoms with E-state index in [-0.39, 0.29) is 0 Å². The fourth-order valence-electron chi connectivity index (χ4n) is 1.92. The first-order valence-corrected chi connectivity index (χ1v) is 5.94. The number of nitrogens with one attached hydrogen (secondary N) is 1. The molecule has 0 atom stereocenters. The SMILES string of the molecule is C=NN/C(=N\N)c1ccccc1-c1ccc(C=O)cc1. The van der Waals surface area contributed by atoms with Gasteiger partial charge in [0.2, 0.25) is 0 Å². The van der Waals surface area contributed by atoms with Crippen molar-refractivity contribution in [2.45, 2.75) is 0 Å². The highest BCUT2D eigenvalue weighted by Gasteiger charge is 2.10. The van der Waals surface area contributed by atoms with Crippen LogP contribution in [0.5, 0.6) is 0 Å². The fraction of sp³-hybridized carbons (Fsp3) is 0. The van der Waals surface area contributed by atoms with E-state index in [1.165, 1.54) is 0 Å². The van der Waals surface area contributed by atoms with Crippen molar-refractivity contribution in [3.8, 4) is 11.1 Å². The maximum atomic E-state index is 10.7. The van der Waals surface area contributed by atoms with Crippen LogP contribution in [0.15, 0.2) is 58.7 Å². The van der Waals surface area contributed by atoms with Gasteiger partial charge in [-0.2, -0.15) is 10.2 Å². The lowest BCUT2D eigenvalue weighted by Gasteiger charge is -2.11. The molecule has 0 radical (unpaired) electrons. The van der Waals surface area contributed by atoms with Gasteiger partial charge in [-0.15, -0.1) is 0 Å². The molecule has 0 saturated carbocycles. The van der Waals surface area contributed by atoms with Crippen LogP contribution in [0.3, 0.4) is 0 Å². The third-order valence-corrected chi connectivity index (χ3v) is 2.85. The van der Waals surface area contributed by atoms with Gasteiger partial charge in [-0.3, -0.25) is 10.2 Å². The second kappa shape index (κ2) is 6.29. The van der Waals surface area contributed by atoms with Gasteiger partial charge < -0.3 is 5.84 Å². The first kappa shape index (κ1) is 13.5. The van der Waals surface area contributed by atoms with E-state index in [0.29, 0.717) is 11.4 Å². The molecule has 0 amide bonds. The smallest absolute Gasteiger partial charge is 0.173 e. The monoisotopic (exact) mass is 266 g/mol.